The molecule has 2 aromatic carbocycles. The molecule has 1 saturated heterocycles. The molecule has 3 rings (SSSR count). The predicted octanol–water partition coefficient (Wildman–Crippen LogP) is 3.30. The fraction of sp³-hybridized carbons (Fsp3) is 0.478. The molecule has 0 aliphatic carbocycles. The van der Waals surface area contributed by atoms with E-state index in [0.29, 0.717) is 0 Å². The zero-order chi connectivity index (χ0) is 19.3. The van der Waals surface area contributed by atoms with Crippen molar-refractivity contribution in [3.05, 3.63) is 71.8 Å². The Kier molecular flexibility index (Phi) is 6.66. The Morgan fingerprint density at radius 2 is 1.41 bits per heavy atom. The van der Waals surface area contributed by atoms with Crippen LogP contribution in [0.1, 0.15) is 31.9 Å². The van der Waals surface area contributed by atoms with Crippen LogP contribution in [0, 0.1) is 0 Å². The summed E-state index contributed by atoms with van der Waals surface area (Å²) < 4.78 is 12.6. The number of hydrogen-bond donors (Lipinski definition) is 2. The van der Waals surface area contributed by atoms with Crippen LogP contribution in [0.25, 0.3) is 0 Å². The Labute approximate surface area is 163 Å². The summed E-state index contributed by atoms with van der Waals surface area (Å²) in [5.74, 6) is -0.631. The molecule has 0 radical (unpaired) electrons. The van der Waals surface area contributed by atoms with Gasteiger partial charge in [0.05, 0.1) is 0 Å². The molecule has 0 bridgehead atoms. The first-order valence-electron chi connectivity index (χ1n) is 9.91. The first kappa shape index (κ1) is 20.0. The lowest BCUT2D eigenvalue weighted by molar-refractivity contribution is -0.149. The van der Waals surface area contributed by atoms with E-state index in [-0.39, 0.29) is 24.3 Å². The summed E-state index contributed by atoms with van der Waals surface area (Å²) in [6, 6.07) is 20.9. The molecule has 1 heterocycles. The lowest BCUT2D eigenvalue weighted by Gasteiger charge is -2.30. The minimum absolute atomic E-state index is 0.0983. The largest absolute Gasteiger partial charge is 0.343 e. The van der Waals surface area contributed by atoms with Crippen molar-refractivity contribution in [2.45, 2.75) is 63.7 Å². The van der Waals surface area contributed by atoms with Crippen molar-refractivity contribution in [3.63, 3.8) is 0 Å². The second kappa shape index (κ2) is 8.98. The summed E-state index contributed by atoms with van der Waals surface area (Å²) in [6.07, 6.45) is 1.39. The highest BCUT2D eigenvalue weighted by molar-refractivity contribution is 5.19. The first-order chi connectivity index (χ1) is 13.0. The van der Waals surface area contributed by atoms with Gasteiger partial charge in [0.25, 0.3) is 0 Å². The average Bonchev–Trinajstić information content (AvgIpc) is 2.99. The molecule has 1 fully saturated rings. The van der Waals surface area contributed by atoms with E-state index in [4.69, 9.17) is 15.2 Å². The second-order valence-electron chi connectivity index (χ2n) is 7.77. The SMILES string of the molecule is CCN[C@H](Cc1ccccc1)[C@@H]1OC(C)(C)O[C@H]1[C@H](N)Cc1ccccc1. The third-order valence-corrected chi connectivity index (χ3v) is 5.06. The molecule has 1 aliphatic rings. The van der Waals surface area contributed by atoms with E-state index in [0.717, 1.165) is 19.4 Å². The Bertz CT molecular complexity index is 690. The third kappa shape index (κ3) is 5.39. The van der Waals surface area contributed by atoms with Crippen LogP contribution in [0.3, 0.4) is 0 Å². The van der Waals surface area contributed by atoms with Crippen LogP contribution < -0.4 is 11.1 Å². The molecule has 27 heavy (non-hydrogen) atoms. The normalized spacial score (nSPS) is 23.9. The van der Waals surface area contributed by atoms with Crippen molar-refractivity contribution in [1.29, 1.82) is 0 Å². The molecule has 2 aromatic rings. The number of benzene rings is 2. The van der Waals surface area contributed by atoms with Crippen LogP contribution in [-0.4, -0.2) is 36.6 Å². The van der Waals surface area contributed by atoms with Gasteiger partial charge in [0, 0.05) is 12.1 Å². The smallest absolute Gasteiger partial charge is 0.163 e. The summed E-state index contributed by atoms with van der Waals surface area (Å²) in [5.41, 5.74) is 9.12. The maximum Gasteiger partial charge on any atom is 0.163 e. The molecule has 4 atom stereocenters. The first-order valence-corrected chi connectivity index (χ1v) is 9.91. The van der Waals surface area contributed by atoms with Crippen LogP contribution in [0.4, 0.5) is 0 Å². The van der Waals surface area contributed by atoms with Gasteiger partial charge >= 0.3 is 0 Å². The number of likely N-dealkylation sites (N-methyl/N-ethyl adjacent to an activating group) is 1. The molecule has 146 valence electrons. The topological polar surface area (TPSA) is 56.5 Å². The van der Waals surface area contributed by atoms with E-state index in [1.807, 2.05) is 38.1 Å². The standard InChI is InChI=1S/C23H32N2O2/c1-4-25-20(16-18-13-9-6-10-14-18)22-21(26-23(2,3)27-22)19(24)15-17-11-7-5-8-12-17/h5-14,19-22,25H,4,15-16,24H2,1-3H3/t19-,20-,21+,22+/m1/s1. The number of hydrogen-bond acceptors (Lipinski definition) is 4. The lowest BCUT2D eigenvalue weighted by Crippen LogP contribution is -2.52. The van der Waals surface area contributed by atoms with Crippen molar-refractivity contribution < 1.29 is 9.47 Å². The van der Waals surface area contributed by atoms with E-state index in [9.17, 15) is 0 Å². The maximum atomic E-state index is 6.62. The maximum absolute atomic E-state index is 6.62. The van der Waals surface area contributed by atoms with Crippen LogP contribution in [-0.2, 0) is 22.3 Å². The van der Waals surface area contributed by atoms with Crippen molar-refractivity contribution in [2.24, 2.45) is 5.73 Å². The summed E-state index contributed by atoms with van der Waals surface area (Å²) in [6.45, 7) is 6.94. The summed E-state index contributed by atoms with van der Waals surface area (Å²) in [4.78, 5) is 0. The van der Waals surface area contributed by atoms with Crippen LogP contribution in [0.5, 0.6) is 0 Å². The van der Waals surface area contributed by atoms with Gasteiger partial charge in [-0.15, -0.1) is 0 Å². The number of rotatable bonds is 8. The highest BCUT2D eigenvalue weighted by Crippen LogP contribution is 2.33. The Balaban J connectivity index is 1.78. The minimum atomic E-state index is -0.631. The van der Waals surface area contributed by atoms with Crippen molar-refractivity contribution in [1.82, 2.24) is 5.32 Å². The molecule has 0 amide bonds. The highest BCUT2D eigenvalue weighted by atomic mass is 16.8. The van der Waals surface area contributed by atoms with Gasteiger partial charge in [-0.1, -0.05) is 67.6 Å². The van der Waals surface area contributed by atoms with E-state index in [2.05, 4.69) is 48.6 Å². The Morgan fingerprint density at radius 1 is 0.889 bits per heavy atom. The Hall–Kier alpha value is -1.72. The number of nitrogens with one attached hydrogen (secondary N) is 1. The number of nitrogens with two attached hydrogens (primary N) is 1. The van der Waals surface area contributed by atoms with Gasteiger partial charge in [-0.2, -0.15) is 0 Å². The fourth-order valence-corrected chi connectivity index (χ4v) is 3.90. The molecule has 0 saturated carbocycles. The van der Waals surface area contributed by atoms with Gasteiger partial charge in [-0.05, 0) is 44.4 Å². The summed E-state index contributed by atoms with van der Waals surface area (Å²) in [7, 11) is 0. The molecule has 4 nitrogen and oxygen atoms in total. The summed E-state index contributed by atoms with van der Waals surface area (Å²) in [5, 5.41) is 3.60. The van der Waals surface area contributed by atoms with Gasteiger partial charge in [-0.25, -0.2) is 0 Å². The zero-order valence-corrected chi connectivity index (χ0v) is 16.6. The molecule has 0 unspecified atom stereocenters. The van der Waals surface area contributed by atoms with E-state index in [1.54, 1.807) is 0 Å². The number of ether oxygens (including phenoxy) is 2. The molecular formula is C23H32N2O2. The van der Waals surface area contributed by atoms with E-state index < -0.39 is 5.79 Å². The quantitative estimate of drug-likeness (QED) is 0.751. The Morgan fingerprint density at radius 3 is 1.96 bits per heavy atom. The molecule has 1 aliphatic heterocycles. The van der Waals surface area contributed by atoms with Crippen molar-refractivity contribution in [3.8, 4) is 0 Å². The predicted molar refractivity (Wildman–Crippen MR) is 110 cm³/mol. The lowest BCUT2D eigenvalue weighted by atomic mass is 9.92. The molecular weight excluding hydrogens is 336 g/mol. The molecule has 0 spiro atoms. The van der Waals surface area contributed by atoms with Crippen molar-refractivity contribution >= 4 is 0 Å². The fourth-order valence-electron chi connectivity index (χ4n) is 3.90. The van der Waals surface area contributed by atoms with Crippen LogP contribution in [0.15, 0.2) is 60.7 Å². The van der Waals surface area contributed by atoms with Crippen LogP contribution in [0.2, 0.25) is 0 Å². The van der Waals surface area contributed by atoms with Gasteiger partial charge in [-0.3, -0.25) is 0 Å². The van der Waals surface area contributed by atoms with Gasteiger partial charge in [0.2, 0.25) is 0 Å². The summed E-state index contributed by atoms with van der Waals surface area (Å²) >= 11 is 0. The van der Waals surface area contributed by atoms with Gasteiger partial charge in [0.1, 0.15) is 12.2 Å². The van der Waals surface area contributed by atoms with Gasteiger partial charge < -0.3 is 20.5 Å². The molecule has 3 N–H and O–H groups in total. The van der Waals surface area contributed by atoms with E-state index in [1.165, 1.54) is 11.1 Å². The van der Waals surface area contributed by atoms with Gasteiger partial charge in [0.15, 0.2) is 5.79 Å². The average molecular weight is 369 g/mol. The van der Waals surface area contributed by atoms with Crippen LogP contribution >= 0.6 is 0 Å². The highest BCUT2D eigenvalue weighted by Gasteiger charge is 2.47. The molecule has 0 aromatic heterocycles. The molecule has 4 heteroatoms. The minimum Gasteiger partial charge on any atom is -0.343 e. The van der Waals surface area contributed by atoms with Crippen molar-refractivity contribution in [2.75, 3.05) is 6.54 Å². The monoisotopic (exact) mass is 368 g/mol. The van der Waals surface area contributed by atoms with E-state index >= 15 is 0 Å². The zero-order valence-electron chi connectivity index (χ0n) is 16.6. The second-order valence-corrected chi connectivity index (χ2v) is 7.77. The third-order valence-electron chi connectivity index (χ3n) is 5.06.